The lowest BCUT2D eigenvalue weighted by Gasteiger charge is -2.04. The SMILES string of the molecule is CC(=O)O.CC(C)(C)S. The van der Waals surface area contributed by atoms with E-state index in [1.807, 2.05) is 0 Å². The smallest absolute Gasteiger partial charge is 0.300 e. The molecule has 0 amide bonds. The van der Waals surface area contributed by atoms with Crippen LogP contribution in [0.25, 0.3) is 0 Å². The largest absolute Gasteiger partial charge is 0.481 e. The summed E-state index contributed by atoms with van der Waals surface area (Å²) in [5.41, 5.74) is 0. The molecule has 9 heavy (non-hydrogen) atoms. The first-order chi connectivity index (χ1) is 3.73. The van der Waals surface area contributed by atoms with Crippen LogP contribution < -0.4 is 0 Å². The van der Waals surface area contributed by atoms with Gasteiger partial charge in [-0.2, -0.15) is 12.6 Å². The van der Waals surface area contributed by atoms with E-state index in [-0.39, 0.29) is 4.75 Å². The van der Waals surface area contributed by atoms with Gasteiger partial charge in [-0.05, 0) is 0 Å². The maximum absolute atomic E-state index is 9.00. The molecule has 0 saturated carbocycles. The summed E-state index contributed by atoms with van der Waals surface area (Å²) in [7, 11) is 0. The monoisotopic (exact) mass is 150 g/mol. The van der Waals surface area contributed by atoms with Crippen molar-refractivity contribution in [2.24, 2.45) is 0 Å². The summed E-state index contributed by atoms with van der Waals surface area (Å²) in [5.74, 6) is -0.833. The van der Waals surface area contributed by atoms with Crippen LogP contribution in [0.5, 0.6) is 0 Å². The predicted molar refractivity (Wildman–Crippen MR) is 42.0 cm³/mol. The van der Waals surface area contributed by atoms with Crippen LogP contribution in [0, 0.1) is 0 Å². The molecule has 0 aromatic heterocycles. The fraction of sp³-hybridized carbons (Fsp3) is 0.833. The van der Waals surface area contributed by atoms with Crippen molar-refractivity contribution in [3.8, 4) is 0 Å². The first-order valence-electron chi connectivity index (χ1n) is 2.65. The molecular formula is C6H14O2S. The molecule has 0 aliphatic heterocycles. The molecule has 0 unspecified atom stereocenters. The van der Waals surface area contributed by atoms with Crippen molar-refractivity contribution < 1.29 is 9.90 Å². The average Bonchev–Trinajstić information content (AvgIpc) is 1.19. The Bertz CT molecular complexity index is 73.5. The summed E-state index contributed by atoms with van der Waals surface area (Å²) >= 11 is 4.12. The fourth-order valence-corrected chi connectivity index (χ4v) is 0. The van der Waals surface area contributed by atoms with Gasteiger partial charge < -0.3 is 5.11 Å². The lowest BCUT2D eigenvalue weighted by molar-refractivity contribution is -0.134. The molecule has 3 heteroatoms. The fourth-order valence-electron chi connectivity index (χ4n) is 0. The Morgan fingerprint density at radius 2 is 1.44 bits per heavy atom. The van der Waals surface area contributed by atoms with E-state index in [1.54, 1.807) is 0 Å². The predicted octanol–water partition coefficient (Wildman–Crippen LogP) is 1.81. The van der Waals surface area contributed by atoms with E-state index in [2.05, 4.69) is 33.4 Å². The van der Waals surface area contributed by atoms with Crippen molar-refractivity contribution in [3.05, 3.63) is 0 Å². The van der Waals surface area contributed by atoms with E-state index in [0.29, 0.717) is 0 Å². The van der Waals surface area contributed by atoms with E-state index < -0.39 is 5.97 Å². The highest BCUT2D eigenvalue weighted by Crippen LogP contribution is 2.07. The van der Waals surface area contributed by atoms with Crippen molar-refractivity contribution in [2.45, 2.75) is 32.4 Å². The Kier molecular flexibility index (Phi) is 6.02. The van der Waals surface area contributed by atoms with Crippen molar-refractivity contribution in [2.75, 3.05) is 0 Å². The van der Waals surface area contributed by atoms with Gasteiger partial charge in [-0.1, -0.05) is 20.8 Å². The van der Waals surface area contributed by atoms with Gasteiger partial charge >= 0.3 is 0 Å². The van der Waals surface area contributed by atoms with Gasteiger partial charge in [-0.25, -0.2) is 0 Å². The van der Waals surface area contributed by atoms with Crippen LogP contribution in [0.3, 0.4) is 0 Å². The minimum atomic E-state index is -0.833. The third-order valence-electron chi connectivity index (χ3n) is 0. The second-order valence-corrected chi connectivity index (χ2v) is 4.03. The summed E-state index contributed by atoms with van der Waals surface area (Å²) in [6, 6.07) is 0. The van der Waals surface area contributed by atoms with Crippen molar-refractivity contribution in [1.82, 2.24) is 0 Å². The van der Waals surface area contributed by atoms with Crippen LogP contribution in [0.2, 0.25) is 0 Å². The van der Waals surface area contributed by atoms with E-state index in [0.717, 1.165) is 6.92 Å². The Balaban J connectivity index is 0. The van der Waals surface area contributed by atoms with Crippen molar-refractivity contribution >= 4 is 18.6 Å². The molecule has 0 heterocycles. The van der Waals surface area contributed by atoms with Crippen molar-refractivity contribution in [3.63, 3.8) is 0 Å². The lowest BCUT2D eigenvalue weighted by atomic mass is 10.3. The first kappa shape index (κ1) is 11.6. The normalized spacial score (nSPS) is 9.44. The van der Waals surface area contributed by atoms with E-state index >= 15 is 0 Å². The lowest BCUT2D eigenvalue weighted by Crippen LogP contribution is -1.99. The number of carboxylic acids is 1. The Hall–Kier alpha value is -0.180. The highest BCUT2D eigenvalue weighted by atomic mass is 32.1. The highest BCUT2D eigenvalue weighted by Gasteiger charge is 1.96. The topological polar surface area (TPSA) is 37.3 Å². The molecule has 0 aromatic carbocycles. The number of carboxylic acid groups (broad SMARTS) is 1. The van der Waals surface area contributed by atoms with Gasteiger partial charge in [0, 0.05) is 11.7 Å². The maximum Gasteiger partial charge on any atom is 0.300 e. The van der Waals surface area contributed by atoms with E-state index in [1.165, 1.54) is 0 Å². The number of thiol groups is 1. The number of hydrogen-bond acceptors (Lipinski definition) is 2. The zero-order chi connectivity index (χ0) is 8.08. The molecule has 0 atom stereocenters. The van der Waals surface area contributed by atoms with Crippen molar-refractivity contribution in [1.29, 1.82) is 0 Å². The van der Waals surface area contributed by atoms with Gasteiger partial charge in [0.2, 0.25) is 0 Å². The van der Waals surface area contributed by atoms with Crippen LogP contribution in [0.1, 0.15) is 27.7 Å². The summed E-state index contributed by atoms with van der Waals surface area (Å²) in [4.78, 5) is 9.00. The summed E-state index contributed by atoms with van der Waals surface area (Å²) < 4.78 is 0.194. The number of carbonyl (C=O) groups is 1. The average molecular weight is 150 g/mol. The summed E-state index contributed by atoms with van der Waals surface area (Å²) in [6.45, 7) is 7.24. The van der Waals surface area contributed by atoms with Gasteiger partial charge in [-0.15, -0.1) is 0 Å². The Morgan fingerprint density at radius 3 is 1.44 bits per heavy atom. The highest BCUT2D eigenvalue weighted by molar-refractivity contribution is 7.81. The van der Waals surface area contributed by atoms with Crippen LogP contribution in [0.4, 0.5) is 0 Å². The molecule has 0 aliphatic carbocycles. The van der Waals surface area contributed by atoms with Gasteiger partial charge in [0.25, 0.3) is 5.97 Å². The molecule has 0 saturated heterocycles. The van der Waals surface area contributed by atoms with Crippen LogP contribution in [-0.2, 0) is 4.79 Å². The second-order valence-electron chi connectivity index (χ2n) is 2.69. The van der Waals surface area contributed by atoms with Gasteiger partial charge in [0.1, 0.15) is 0 Å². The van der Waals surface area contributed by atoms with Crippen LogP contribution in [0.15, 0.2) is 0 Å². The maximum atomic E-state index is 9.00. The molecule has 1 N–H and O–H groups in total. The number of rotatable bonds is 0. The molecule has 0 aromatic rings. The minimum absolute atomic E-state index is 0.194. The zero-order valence-electron chi connectivity index (χ0n) is 6.30. The Morgan fingerprint density at radius 1 is 1.44 bits per heavy atom. The second kappa shape index (κ2) is 4.68. The van der Waals surface area contributed by atoms with E-state index in [9.17, 15) is 0 Å². The van der Waals surface area contributed by atoms with Gasteiger partial charge in [-0.3, -0.25) is 4.79 Å². The van der Waals surface area contributed by atoms with Crippen LogP contribution >= 0.6 is 12.6 Å². The molecular weight excluding hydrogens is 136 g/mol. The molecule has 0 fully saturated rings. The molecule has 56 valence electrons. The number of hydrogen-bond donors (Lipinski definition) is 2. The first-order valence-corrected chi connectivity index (χ1v) is 3.10. The molecule has 0 radical (unpaired) electrons. The summed E-state index contributed by atoms with van der Waals surface area (Å²) in [5, 5.41) is 7.42. The Labute approximate surface area is 61.7 Å². The van der Waals surface area contributed by atoms with E-state index in [4.69, 9.17) is 9.90 Å². The summed E-state index contributed by atoms with van der Waals surface area (Å²) in [6.07, 6.45) is 0. The molecule has 0 spiro atoms. The third kappa shape index (κ3) is 8180. The minimum Gasteiger partial charge on any atom is -0.481 e. The quantitative estimate of drug-likeness (QED) is 0.517. The van der Waals surface area contributed by atoms with Crippen LogP contribution in [-0.4, -0.2) is 15.8 Å². The molecule has 2 nitrogen and oxygen atoms in total. The molecule has 0 rings (SSSR count). The van der Waals surface area contributed by atoms with Gasteiger partial charge in [0.05, 0.1) is 0 Å². The zero-order valence-corrected chi connectivity index (χ0v) is 7.20. The van der Waals surface area contributed by atoms with Gasteiger partial charge in [0.15, 0.2) is 0 Å². The molecule has 0 bridgehead atoms. The third-order valence-corrected chi connectivity index (χ3v) is 0. The standard InChI is InChI=1S/C4H10S.C2H4O2/c1-4(2,3)5;1-2(3)4/h5H,1-3H3;1H3,(H,3,4). The molecule has 0 aliphatic rings. The number of aliphatic carboxylic acids is 1.